The van der Waals surface area contributed by atoms with E-state index in [0.29, 0.717) is 0 Å². The number of ether oxygens (including phenoxy) is 6. The van der Waals surface area contributed by atoms with Gasteiger partial charge in [0.15, 0.2) is 12.2 Å². The highest BCUT2D eigenvalue weighted by atomic mass is 16.7. The van der Waals surface area contributed by atoms with Crippen molar-refractivity contribution >= 4 is 23.9 Å². The van der Waals surface area contributed by atoms with Gasteiger partial charge in [-0.15, -0.1) is 0 Å². The summed E-state index contributed by atoms with van der Waals surface area (Å²) in [4.78, 5) is 53.9. The van der Waals surface area contributed by atoms with Crippen LogP contribution in [0.25, 0.3) is 0 Å². The van der Waals surface area contributed by atoms with E-state index in [0.717, 1.165) is 38.8 Å². The zero-order valence-electron chi connectivity index (χ0n) is 21.0. The van der Waals surface area contributed by atoms with Gasteiger partial charge in [0.1, 0.15) is 12.7 Å². The molecule has 0 unspecified atom stereocenters. The summed E-state index contributed by atoms with van der Waals surface area (Å²) in [7, 11) is 2.00. The topological polar surface area (TPSA) is 140 Å². The highest BCUT2D eigenvalue weighted by molar-refractivity contribution is 5.68. The van der Waals surface area contributed by atoms with Gasteiger partial charge in [-0.1, -0.05) is 6.07 Å². The largest absolute Gasteiger partial charge is 0.463 e. The first-order chi connectivity index (χ1) is 17.1. The molecule has 6 atom stereocenters. The van der Waals surface area contributed by atoms with E-state index in [9.17, 15) is 19.2 Å². The summed E-state index contributed by atoms with van der Waals surface area (Å²) in [5.74, 6) is -2.47. The van der Waals surface area contributed by atoms with Crippen LogP contribution in [0.5, 0.6) is 5.88 Å². The van der Waals surface area contributed by atoms with E-state index in [1.165, 1.54) is 13.8 Å². The lowest BCUT2D eigenvalue weighted by Crippen LogP contribution is -2.63. The Morgan fingerprint density at radius 2 is 1.61 bits per heavy atom. The van der Waals surface area contributed by atoms with Gasteiger partial charge in [0.2, 0.25) is 18.3 Å². The number of hydrogen-bond donors (Lipinski definition) is 0. The Hall–Kier alpha value is -3.25. The molecule has 198 valence electrons. The third kappa shape index (κ3) is 6.91. The van der Waals surface area contributed by atoms with Gasteiger partial charge in [-0.2, -0.15) is 0 Å². The van der Waals surface area contributed by atoms with Gasteiger partial charge < -0.3 is 28.4 Å². The molecule has 3 rings (SSSR count). The summed E-state index contributed by atoms with van der Waals surface area (Å²) in [5.41, 5.74) is 0.811. The summed E-state index contributed by atoms with van der Waals surface area (Å²) >= 11 is 0. The van der Waals surface area contributed by atoms with Gasteiger partial charge in [0.05, 0.1) is 0 Å². The highest BCUT2D eigenvalue weighted by Crippen LogP contribution is 2.37. The predicted molar refractivity (Wildman–Crippen MR) is 121 cm³/mol. The van der Waals surface area contributed by atoms with Crippen LogP contribution in [0.1, 0.15) is 52.1 Å². The molecule has 36 heavy (non-hydrogen) atoms. The number of nitrogens with zero attached hydrogens (tertiary/aromatic N) is 2. The van der Waals surface area contributed by atoms with Crippen molar-refractivity contribution in [3.05, 3.63) is 23.9 Å². The molecule has 0 radical (unpaired) electrons. The van der Waals surface area contributed by atoms with Crippen LogP contribution in [-0.2, 0) is 42.9 Å². The first-order valence-corrected chi connectivity index (χ1v) is 11.7. The van der Waals surface area contributed by atoms with Crippen LogP contribution < -0.4 is 4.74 Å². The number of likely N-dealkylation sites (tertiary alicyclic amines) is 1. The first-order valence-electron chi connectivity index (χ1n) is 11.7. The number of aromatic nitrogens is 1. The molecule has 0 bridgehead atoms. The monoisotopic (exact) mass is 508 g/mol. The lowest BCUT2D eigenvalue weighted by Gasteiger charge is -2.43. The molecule has 0 amide bonds. The summed E-state index contributed by atoms with van der Waals surface area (Å²) in [6.07, 6.45) is -2.84. The third-order valence-electron chi connectivity index (χ3n) is 5.86. The fourth-order valence-electron chi connectivity index (χ4n) is 4.45. The van der Waals surface area contributed by atoms with Gasteiger partial charge in [-0.3, -0.25) is 24.1 Å². The average Bonchev–Trinajstić information content (AvgIpc) is 3.21. The first kappa shape index (κ1) is 27.3. The molecule has 0 spiro atoms. The quantitative estimate of drug-likeness (QED) is 0.369. The highest BCUT2D eigenvalue weighted by Gasteiger charge is 2.53. The molecular weight excluding hydrogens is 476 g/mol. The van der Waals surface area contributed by atoms with Crippen LogP contribution in [-0.4, -0.2) is 84.7 Å². The number of carbonyl (C=O) groups excluding carboxylic acids is 4. The lowest BCUT2D eigenvalue weighted by molar-refractivity contribution is -0.289. The Balaban J connectivity index is 2.00. The molecule has 2 aliphatic rings. The molecule has 0 N–H and O–H groups in total. The average molecular weight is 509 g/mol. The van der Waals surface area contributed by atoms with E-state index < -0.39 is 54.6 Å². The van der Waals surface area contributed by atoms with Gasteiger partial charge in [0, 0.05) is 45.5 Å². The maximum atomic E-state index is 12.0. The Morgan fingerprint density at radius 1 is 0.972 bits per heavy atom. The van der Waals surface area contributed by atoms with E-state index in [1.807, 2.05) is 13.1 Å². The number of rotatable bonds is 8. The van der Waals surface area contributed by atoms with Crippen molar-refractivity contribution in [1.82, 2.24) is 9.88 Å². The lowest BCUT2D eigenvalue weighted by atomic mass is 9.98. The standard InChI is InChI=1S/C24H32N2O10/c1-13(27)31-12-19-20(32-14(2)28)21(33-15(3)29)22(34-16(4)30)24(35-19)36-23-17(8-6-10-25-23)18-9-7-11-26(18)5/h6,8,10,18-22,24H,7,9,11-12H2,1-5H3/t18-,19-,20+,21+,22-,24+/m1/s1. The van der Waals surface area contributed by atoms with Gasteiger partial charge in [0.25, 0.3) is 0 Å². The minimum absolute atomic E-state index is 0.0550. The van der Waals surface area contributed by atoms with Crippen LogP contribution in [0.3, 0.4) is 0 Å². The van der Waals surface area contributed by atoms with Crippen molar-refractivity contribution in [2.45, 2.75) is 77.3 Å². The summed E-state index contributed by atoms with van der Waals surface area (Å²) in [6, 6.07) is 3.74. The minimum atomic E-state index is -1.33. The second-order valence-corrected chi connectivity index (χ2v) is 8.72. The zero-order valence-corrected chi connectivity index (χ0v) is 21.0. The molecule has 0 aliphatic carbocycles. The maximum Gasteiger partial charge on any atom is 0.303 e. The van der Waals surface area contributed by atoms with E-state index >= 15 is 0 Å². The molecule has 0 aromatic carbocycles. The van der Waals surface area contributed by atoms with Gasteiger partial charge in [-0.25, -0.2) is 4.98 Å². The fourth-order valence-corrected chi connectivity index (χ4v) is 4.45. The number of hydrogen-bond acceptors (Lipinski definition) is 12. The van der Waals surface area contributed by atoms with Crippen molar-refractivity contribution in [1.29, 1.82) is 0 Å². The van der Waals surface area contributed by atoms with Crippen molar-refractivity contribution in [3.63, 3.8) is 0 Å². The SMILES string of the molecule is CC(=O)OC[C@H]1O[C@@H](Oc2ncccc2[C@H]2CCCN2C)[C@H](OC(C)=O)[C@@H](OC(C)=O)[C@H]1OC(C)=O. The fraction of sp³-hybridized carbons (Fsp3) is 0.625. The van der Waals surface area contributed by atoms with Crippen molar-refractivity contribution < 1.29 is 47.6 Å². The molecule has 1 aromatic heterocycles. The van der Waals surface area contributed by atoms with Crippen LogP contribution in [0.2, 0.25) is 0 Å². The number of esters is 4. The number of pyridine rings is 1. The molecular formula is C24H32N2O10. The molecule has 2 fully saturated rings. The van der Waals surface area contributed by atoms with Crippen molar-refractivity contribution in [2.24, 2.45) is 0 Å². The molecule has 12 nitrogen and oxygen atoms in total. The normalized spacial score (nSPS) is 28.1. The molecule has 0 saturated carbocycles. The molecule has 2 aliphatic heterocycles. The third-order valence-corrected chi connectivity index (χ3v) is 5.86. The minimum Gasteiger partial charge on any atom is -0.463 e. The number of carbonyl (C=O) groups is 4. The second-order valence-electron chi connectivity index (χ2n) is 8.72. The van der Waals surface area contributed by atoms with E-state index in [-0.39, 0.29) is 18.5 Å². The Kier molecular flexibility index (Phi) is 9.21. The predicted octanol–water partition coefficient (Wildman–Crippen LogP) is 1.31. The Bertz CT molecular complexity index is 970. The molecule has 12 heteroatoms. The summed E-state index contributed by atoms with van der Waals surface area (Å²) in [5, 5.41) is 0. The second kappa shape index (κ2) is 12.1. The smallest absolute Gasteiger partial charge is 0.303 e. The summed E-state index contributed by atoms with van der Waals surface area (Å²) in [6.45, 7) is 5.29. The van der Waals surface area contributed by atoms with Crippen LogP contribution in [0, 0.1) is 0 Å². The zero-order chi connectivity index (χ0) is 26.4. The van der Waals surface area contributed by atoms with E-state index in [2.05, 4.69) is 9.88 Å². The van der Waals surface area contributed by atoms with E-state index in [1.54, 1.807) is 12.3 Å². The Morgan fingerprint density at radius 3 is 2.19 bits per heavy atom. The van der Waals surface area contributed by atoms with Crippen molar-refractivity contribution in [3.8, 4) is 5.88 Å². The van der Waals surface area contributed by atoms with Crippen LogP contribution in [0.15, 0.2) is 18.3 Å². The Labute approximate surface area is 209 Å². The van der Waals surface area contributed by atoms with Gasteiger partial charge >= 0.3 is 23.9 Å². The molecule has 1 aromatic rings. The summed E-state index contributed by atoms with van der Waals surface area (Å²) < 4.78 is 33.6. The molecule has 3 heterocycles. The van der Waals surface area contributed by atoms with Crippen molar-refractivity contribution in [2.75, 3.05) is 20.2 Å². The van der Waals surface area contributed by atoms with Gasteiger partial charge in [-0.05, 0) is 32.5 Å². The van der Waals surface area contributed by atoms with Crippen LogP contribution >= 0.6 is 0 Å². The van der Waals surface area contributed by atoms with Crippen LogP contribution in [0.4, 0.5) is 0 Å². The molecule has 2 saturated heterocycles. The maximum absolute atomic E-state index is 12.0. The van der Waals surface area contributed by atoms with E-state index in [4.69, 9.17) is 28.4 Å².